The molecule has 1 heteroatoms. The first-order valence-corrected chi connectivity index (χ1v) is 7.72. The smallest absolute Gasteiger partial charge is 0.0621 e. The second-order valence-corrected chi connectivity index (χ2v) is 5.26. The minimum atomic E-state index is 0.747. The Bertz CT molecular complexity index is 180. The summed E-state index contributed by atoms with van der Waals surface area (Å²) in [6, 6.07) is 2.26. The van der Waals surface area contributed by atoms with E-state index in [1.54, 1.807) is 0 Å². The lowest BCUT2D eigenvalue weighted by molar-refractivity contribution is 0.386. The van der Waals surface area contributed by atoms with Crippen LogP contribution in [0.5, 0.6) is 0 Å². The molecule has 0 aromatic rings. The second-order valence-electron chi connectivity index (χ2n) is 5.26. The van der Waals surface area contributed by atoms with E-state index in [4.69, 9.17) is 5.26 Å². The van der Waals surface area contributed by atoms with Gasteiger partial charge in [-0.05, 0) is 18.8 Å². The third-order valence-electron chi connectivity index (χ3n) is 3.56. The standard InChI is InChI=1S/C16H31N/c1-3-5-6-7-8-9-13-16(12-4-2)14-10-11-15-17/h16H,3-14H2,1-2H3. The summed E-state index contributed by atoms with van der Waals surface area (Å²) < 4.78 is 0. The lowest BCUT2D eigenvalue weighted by Gasteiger charge is -2.15. The molecule has 0 heterocycles. The van der Waals surface area contributed by atoms with Gasteiger partial charge in [-0.1, -0.05) is 71.6 Å². The maximum atomic E-state index is 8.56. The number of hydrogen-bond acceptors (Lipinski definition) is 1. The highest BCUT2D eigenvalue weighted by Crippen LogP contribution is 2.22. The van der Waals surface area contributed by atoms with E-state index in [9.17, 15) is 0 Å². The summed E-state index contributed by atoms with van der Waals surface area (Å²) in [4.78, 5) is 0. The van der Waals surface area contributed by atoms with Gasteiger partial charge in [-0.2, -0.15) is 5.26 Å². The van der Waals surface area contributed by atoms with E-state index >= 15 is 0 Å². The Balaban J connectivity index is 3.45. The molecule has 1 unspecified atom stereocenters. The van der Waals surface area contributed by atoms with Gasteiger partial charge in [0.25, 0.3) is 0 Å². The lowest BCUT2D eigenvalue weighted by atomic mass is 9.91. The van der Waals surface area contributed by atoms with E-state index in [2.05, 4.69) is 19.9 Å². The SMILES string of the molecule is CCCCCCCCC(CCC)CCCC#N. The number of rotatable bonds is 12. The van der Waals surface area contributed by atoms with Crippen molar-refractivity contribution in [2.75, 3.05) is 0 Å². The van der Waals surface area contributed by atoms with Crippen LogP contribution in [0.2, 0.25) is 0 Å². The van der Waals surface area contributed by atoms with Gasteiger partial charge < -0.3 is 0 Å². The van der Waals surface area contributed by atoms with Gasteiger partial charge in [0.1, 0.15) is 0 Å². The maximum Gasteiger partial charge on any atom is 0.0621 e. The quantitative estimate of drug-likeness (QED) is 0.391. The molecule has 0 saturated heterocycles. The summed E-state index contributed by atoms with van der Waals surface area (Å²) >= 11 is 0. The molecular weight excluding hydrogens is 206 g/mol. The third kappa shape index (κ3) is 11.7. The zero-order chi connectivity index (χ0) is 12.8. The highest BCUT2D eigenvalue weighted by molar-refractivity contribution is 4.70. The molecule has 0 saturated carbocycles. The van der Waals surface area contributed by atoms with Gasteiger partial charge in [-0.3, -0.25) is 0 Å². The normalized spacial score (nSPS) is 12.3. The highest BCUT2D eigenvalue weighted by atomic mass is 14.2. The van der Waals surface area contributed by atoms with Crippen molar-refractivity contribution in [2.45, 2.75) is 90.9 Å². The topological polar surface area (TPSA) is 23.8 Å². The zero-order valence-corrected chi connectivity index (χ0v) is 12.0. The molecule has 0 N–H and O–H groups in total. The molecule has 0 aliphatic rings. The van der Waals surface area contributed by atoms with Crippen LogP contribution in [0.4, 0.5) is 0 Å². The first kappa shape index (κ1) is 16.5. The van der Waals surface area contributed by atoms with Crippen molar-refractivity contribution in [1.82, 2.24) is 0 Å². The molecule has 0 spiro atoms. The van der Waals surface area contributed by atoms with Crippen LogP contribution in [0.25, 0.3) is 0 Å². The van der Waals surface area contributed by atoms with Gasteiger partial charge in [0.15, 0.2) is 0 Å². The van der Waals surface area contributed by atoms with Crippen molar-refractivity contribution in [3.8, 4) is 6.07 Å². The molecule has 1 nitrogen and oxygen atoms in total. The molecule has 0 radical (unpaired) electrons. The van der Waals surface area contributed by atoms with Gasteiger partial charge in [0.05, 0.1) is 6.07 Å². The molecule has 0 fully saturated rings. The Morgan fingerprint density at radius 2 is 1.41 bits per heavy atom. The molecule has 0 aromatic heterocycles. The second kappa shape index (κ2) is 13.6. The summed E-state index contributed by atoms with van der Waals surface area (Å²) in [6.45, 7) is 4.55. The fourth-order valence-electron chi connectivity index (χ4n) is 2.52. The Labute approximate surface area is 109 Å². The van der Waals surface area contributed by atoms with Gasteiger partial charge in [-0.15, -0.1) is 0 Å². The summed E-state index contributed by atoms with van der Waals surface area (Å²) in [6.07, 6.45) is 15.6. The Kier molecular flexibility index (Phi) is 13.1. The average Bonchev–Trinajstić information content (AvgIpc) is 2.34. The Hall–Kier alpha value is -0.510. The molecule has 0 rings (SSSR count). The molecule has 100 valence electrons. The predicted octanol–water partition coefficient (Wildman–Crippen LogP) is 5.85. The van der Waals surface area contributed by atoms with Crippen molar-refractivity contribution in [2.24, 2.45) is 5.92 Å². The van der Waals surface area contributed by atoms with Crippen LogP contribution in [0.15, 0.2) is 0 Å². The van der Waals surface area contributed by atoms with E-state index in [1.807, 2.05) is 0 Å². The summed E-state index contributed by atoms with van der Waals surface area (Å²) in [7, 11) is 0. The van der Waals surface area contributed by atoms with Crippen LogP contribution in [0.3, 0.4) is 0 Å². The van der Waals surface area contributed by atoms with Crippen molar-refractivity contribution >= 4 is 0 Å². The fraction of sp³-hybridized carbons (Fsp3) is 0.938. The minimum Gasteiger partial charge on any atom is -0.198 e. The van der Waals surface area contributed by atoms with E-state index in [1.165, 1.54) is 64.2 Å². The molecule has 0 aromatic carbocycles. The Morgan fingerprint density at radius 1 is 0.765 bits per heavy atom. The molecule has 0 aliphatic carbocycles. The lowest BCUT2D eigenvalue weighted by Crippen LogP contribution is -2.00. The summed E-state index contributed by atoms with van der Waals surface area (Å²) in [5, 5.41) is 8.56. The number of hydrogen-bond donors (Lipinski definition) is 0. The van der Waals surface area contributed by atoms with Crippen LogP contribution in [-0.4, -0.2) is 0 Å². The van der Waals surface area contributed by atoms with Crippen molar-refractivity contribution in [3.05, 3.63) is 0 Å². The van der Waals surface area contributed by atoms with Gasteiger partial charge in [0.2, 0.25) is 0 Å². The van der Waals surface area contributed by atoms with Crippen LogP contribution in [0, 0.1) is 17.2 Å². The van der Waals surface area contributed by atoms with Crippen molar-refractivity contribution in [3.63, 3.8) is 0 Å². The largest absolute Gasteiger partial charge is 0.198 e. The molecule has 0 amide bonds. The van der Waals surface area contributed by atoms with Crippen LogP contribution >= 0.6 is 0 Å². The van der Waals surface area contributed by atoms with Gasteiger partial charge >= 0.3 is 0 Å². The van der Waals surface area contributed by atoms with Crippen molar-refractivity contribution in [1.29, 1.82) is 5.26 Å². The highest BCUT2D eigenvalue weighted by Gasteiger charge is 2.07. The van der Waals surface area contributed by atoms with Crippen LogP contribution in [-0.2, 0) is 0 Å². The first-order chi connectivity index (χ1) is 8.35. The minimum absolute atomic E-state index is 0.747. The van der Waals surface area contributed by atoms with Gasteiger partial charge in [0, 0.05) is 6.42 Å². The van der Waals surface area contributed by atoms with Crippen LogP contribution in [0.1, 0.15) is 90.9 Å². The molecular formula is C16H31N. The zero-order valence-electron chi connectivity index (χ0n) is 12.0. The number of unbranched alkanes of at least 4 members (excludes halogenated alkanes) is 6. The van der Waals surface area contributed by atoms with Crippen LogP contribution < -0.4 is 0 Å². The Morgan fingerprint density at radius 3 is 2.06 bits per heavy atom. The van der Waals surface area contributed by atoms with Gasteiger partial charge in [-0.25, -0.2) is 0 Å². The third-order valence-corrected chi connectivity index (χ3v) is 3.56. The average molecular weight is 237 g/mol. The van der Waals surface area contributed by atoms with E-state index < -0.39 is 0 Å². The van der Waals surface area contributed by atoms with E-state index in [0.29, 0.717) is 0 Å². The van der Waals surface area contributed by atoms with Crippen molar-refractivity contribution < 1.29 is 0 Å². The number of nitrogens with zero attached hydrogens (tertiary/aromatic N) is 1. The molecule has 0 aliphatic heterocycles. The number of nitriles is 1. The monoisotopic (exact) mass is 237 g/mol. The molecule has 17 heavy (non-hydrogen) atoms. The van der Waals surface area contributed by atoms with E-state index in [0.717, 1.165) is 18.8 Å². The fourth-order valence-corrected chi connectivity index (χ4v) is 2.52. The van der Waals surface area contributed by atoms with E-state index in [-0.39, 0.29) is 0 Å². The predicted molar refractivity (Wildman–Crippen MR) is 75.9 cm³/mol. The summed E-state index contributed by atoms with van der Waals surface area (Å²) in [5.41, 5.74) is 0. The first-order valence-electron chi connectivity index (χ1n) is 7.72. The summed E-state index contributed by atoms with van der Waals surface area (Å²) in [5.74, 6) is 0.888. The molecule has 0 bridgehead atoms. The maximum absolute atomic E-state index is 8.56. The molecule has 1 atom stereocenters.